The molecule has 0 bridgehead atoms. The van der Waals surface area contributed by atoms with Gasteiger partial charge in [0, 0.05) is 41.7 Å². The van der Waals surface area contributed by atoms with E-state index in [1.165, 1.54) is 5.56 Å². The van der Waals surface area contributed by atoms with E-state index >= 15 is 0 Å². The molecule has 1 aliphatic rings. The van der Waals surface area contributed by atoms with Crippen LogP contribution in [0.25, 0.3) is 6.08 Å². The molecule has 1 radical (unpaired) electrons. The van der Waals surface area contributed by atoms with Gasteiger partial charge in [0.1, 0.15) is 0 Å². The number of carbonyl (C=O) groups is 2. The molecule has 0 saturated heterocycles. The Hall–Kier alpha value is -1.16. The molecule has 1 aromatic rings. The van der Waals surface area contributed by atoms with E-state index in [2.05, 4.69) is 11.3 Å². The van der Waals surface area contributed by atoms with Crippen LogP contribution in [0.15, 0.2) is 49.1 Å². The van der Waals surface area contributed by atoms with Gasteiger partial charge in [0.25, 0.3) is 0 Å². The van der Waals surface area contributed by atoms with E-state index in [0.717, 1.165) is 12.2 Å². The van der Waals surface area contributed by atoms with E-state index in [0.29, 0.717) is 0 Å². The third kappa shape index (κ3) is 5.66. The van der Waals surface area contributed by atoms with Crippen LogP contribution in [0.2, 0.25) is 0 Å². The number of benzene rings is 1. The number of rotatable bonds is 1. The summed E-state index contributed by atoms with van der Waals surface area (Å²) in [5.74, 6) is -1.16. The van der Waals surface area contributed by atoms with Gasteiger partial charge in [-0.25, -0.2) is 9.59 Å². The van der Waals surface area contributed by atoms with Crippen LogP contribution in [0, 0.1) is 0 Å². The predicted molar refractivity (Wildman–Crippen MR) is 62.5 cm³/mol. The van der Waals surface area contributed by atoms with E-state index in [1.807, 2.05) is 36.4 Å². The monoisotopic (exact) mass is 225 g/mol. The van der Waals surface area contributed by atoms with E-state index < -0.39 is 11.9 Å². The molecule has 4 heteroatoms. The number of esters is 2. The second-order valence-corrected chi connectivity index (χ2v) is 2.69. The van der Waals surface area contributed by atoms with Crippen LogP contribution in [0.3, 0.4) is 0 Å². The average molecular weight is 225 g/mol. The molecule has 1 heterocycles. The molecule has 1 aromatic carbocycles. The summed E-state index contributed by atoms with van der Waals surface area (Å²) in [6.07, 6.45) is 4.00. The molecule has 2 rings (SSSR count). The number of carbonyl (C=O) groups excluding carboxylic acids is 2. The molecule has 16 heavy (non-hydrogen) atoms. The van der Waals surface area contributed by atoms with E-state index in [1.54, 1.807) is 0 Å². The first-order chi connectivity index (χ1) is 7.22. The Morgan fingerprint density at radius 3 is 1.75 bits per heavy atom. The SMILES string of the molecule is C=Cc1ccccc1.O=C1C=CC(=O)O1.[Na]. The van der Waals surface area contributed by atoms with Gasteiger partial charge in [0.15, 0.2) is 0 Å². The van der Waals surface area contributed by atoms with Gasteiger partial charge in [-0.15, -0.1) is 0 Å². The van der Waals surface area contributed by atoms with Crippen molar-refractivity contribution in [2.75, 3.05) is 0 Å². The van der Waals surface area contributed by atoms with Crippen molar-refractivity contribution >= 4 is 47.6 Å². The van der Waals surface area contributed by atoms with Crippen molar-refractivity contribution in [1.29, 1.82) is 0 Å². The van der Waals surface area contributed by atoms with Gasteiger partial charge in [0.2, 0.25) is 0 Å². The first-order valence-electron chi connectivity index (χ1n) is 4.33. The summed E-state index contributed by atoms with van der Waals surface area (Å²) in [5.41, 5.74) is 1.17. The maximum atomic E-state index is 9.92. The standard InChI is InChI=1S/C8H8.C4H2O3.Na/c1-2-8-6-4-3-5-7-8;5-3-1-2-4(6)7-3;/h2-7H,1H2;1-2H;. The molecule has 0 atom stereocenters. The topological polar surface area (TPSA) is 43.4 Å². The van der Waals surface area contributed by atoms with Gasteiger partial charge < -0.3 is 4.74 Å². The molecule has 0 aliphatic carbocycles. The average Bonchev–Trinajstić information content (AvgIpc) is 2.65. The molecular weight excluding hydrogens is 215 g/mol. The summed E-state index contributed by atoms with van der Waals surface area (Å²) in [6.45, 7) is 3.63. The van der Waals surface area contributed by atoms with Crippen LogP contribution in [-0.2, 0) is 14.3 Å². The summed E-state index contributed by atoms with van der Waals surface area (Å²) < 4.78 is 3.97. The van der Waals surface area contributed by atoms with Crippen molar-refractivity contribution in [2.24, 2.45) is 0 Å². The molecule has 0 saturated carbocycles. The van der Waals surface area contributed by atoms with Crippen LogP contribution in [0.1, 0.15) is 5.56 Å². The minimum Gasteiger partial charge on any atom is -0.387 e. The number of hydrogen-bond donors (Lipinski definition) is 0. The summed E-state index contributed by atoms with van der Waals surface area (Å²) in [7, 11) is 0. The minimum absolute atomic E-state index is 0. The maximum Gasteiger partial charge on any atom is 0.338 e. The van der Waals surface area contributed by atoms with Crippen LogP contribution in [0.4, 0.5) is 0 Å². The van der Waals surface area contributed by atoms with Gasteiger partial charge in [-0.1, -0.05) is 43.0 Å². The normalized spacial score (nSPS) is 12.0. The van der Waals surface area contributed by atoms with Gasteiger partial charge in [-0.2, -0.15) is 0 Å². The van der Waals surface area contributed by atoms with E-state index in [-0.39, 0.29) is 29.6 Å². The molecule has 0 N–H and O–H groups in total. The zero-order valence-electron chi connectivity index (χ0n) is 9.05. The zero-order valence-corrected chi connectivity index (χ0v) is 11.1. The van der Waals surface area contributed by atoms with Crippen LogP contribution < -0.4 is 0 Å². The summed E-state index contributed by atoms with van der Waals surface area (Å²) in [4.78, 5) is 19.8. The Morgan fingerprint density at radius 2 is 1.50 bits per heavy atom. The zero-order chi connectivity index (χ0) is 11.1. The number of hydrogen-bond acceptors (Lipinski definition) is 3. The van der Waals surface area contributed by atoms with Crippen molar-refractivity contribution in [1.82, 2.24) is 0 Å². The Balaban J connectivity index is 0.000000267. The van der Waals surface area contributed by atoms with Crippen molar-refractivity contribution in [3.05, 3.63) is 54.6 Å². The van der Waals surface area contributed by atoms with Crippen LogP contribution >= 0.6 is 0 Å². The second-order valence-electron chi connectivity index (χ2n) is 2.69. The molecular formula is C12H10NaO3. The third-order valence-corrected chi connectivity index (χ3v) is 1.59. The predicted octanol–water partition coefficient (Wildman–Crippen LogP) is 1.57. The Bertz CT molecular complexity index is 380. The first kappa shape index (κ1) is 14.8. The molecule has 0 unspecified atom stereocenters. The molecule has 77 valence electrons. The maximum absolute atomic E-state index is 9.92. The molecule has 1 aliphatic heterocycles. The smallest absolute Gasteiger partial charge is 0.338 e. The fraction of sp³-hybridized carbons (Fsp3) is 0. The molecule has 0 aromatic heterocycles. The van der Waals surface area contributed by atoms with Gasteiger partial charge >= 0.3 is 11.9 Å². The third-order valence-electron chi connectivity index (χ3n) is 1.59. The minimum atomic E-state index is -0.579. The van der Waals surface area contributed by atoms with E-state index in [9.17, 15) is 9.59 Å². The Morgan fingerprint density at radius 1 is 1.00 bits per heavy atom. The van der Waals surface area contributed by atoms with Crippen LogP contribution in [0.5, 0.6) is 0 Å². The largest absolute Gasteiger partial charge is 0.387 e. The first-order valence-corrected chi connectivity index (χ1v) is 4.33. The van der Waals surface area contributed by atoms with Crippen molar-refractivity contribution < 1.29 is 14.3 Å². The molecule has 3 nitrogen and oxygen atoms in total. The van der Waals surface area contributed by atoms with Gasteiger partial charge in [-0.05, 0) is 5.56 Å². The Labute approximate surface area is 116 Å². The van der Waals surface area contributed by atoms with E-state index in [4.69, 9.17) is 0 Å². The molecule has 0 amide bonds. The second kappa shape index (κ2) is 8.05. The van der Waals surface area contributed by atoms with Crippen molar-refractivity contribution in [2.45, 2.75) is 0 Å². The molecule has 0 fully saturated rings. The summed E-state index contributed by atoms with van der Waals surface area (Å²) >= 11 is 0. The fourth-order valence-corrected chi connectivity index (χ4v) is 0.892. The quantitative estimate of drug-likeness (QED) is 0.414. The number of cyclic esters (lactones) is 2. The van der Waals surface area contributed by atoms with Gasteiger partial charge in [-0.3, -0.25) is 0 Å². The van der Waals surface area contributed by atoms with Gasteiger partial charge in [0.05, 0.1) is 0 Å². The Kier molecular flexibility index (Phi) is 7.46. The van der Waals surface area contributed by atoms with Crippen molar-refractivity contribution in [3.8, 4) is 0 Å². The summed E-state index contributed by atoms with van der Waals surface area (Å²) in [6, 6.07) is 10.0. The number of ether oxygens (including phenoxy) is 1. The fourth-order valence-electron chi connectivity index (χ4n) is 0.892. The van der Waals surface area contributed by atoms with Crippen molar-refractivity contribution in [3.63, 3.8) is 0 Å². The van der Waals surface area contributed by atoms with Crippen LogP contribution in [-0.4, -0.2) is 41.5 Å². The summed E-state index contributed by atoms with van der Waals surface area (Å²) in [5, 5.41) is 0. The molecule has 0 spiro atoms.